The molecule has 0 bridgehead atoms. The van der Waals surface area contributed by atoms with Crippen LogP contribution >= 0.6 is 0 Å². The van der Waals surface area contributed by atoms with Crippen LogP contribution in [0, 0.1) is 17.6 Å². The number of halogens is 2. The van der Waals surface area contributed by atoms with E-state index in [0.717, 1.165) is 12.1 Å². The molecule has 2 N–H and O–H groups in total. The number of hydrogen-bond donors (Lipinski definition) is 2. The first-order valence-electron chi connectivity index (χ1n) is 9.62. The molecule has 0 heterocycles. The number of amides is 1. The van der Waals surface area contributed by atoms with Crippen molar-refractivity contribution in [2.45, 2.75) is 19.1 Å². The number of aliphatic hydroxyl groups excluding tert-OH is 1. The molecule has 2 aromatic rings. The van der Waals surface area contributed by atoms with E-state index < -0.39 is 35.9 Å². The number of anilines is 1. The number of carbonyl (C=O) groups is 2. The van der Waals surface area contributed by atoms with Gasteiger partial charge in [-0.05, 0) is 35.7 Å². The van der Waals surface area contributed by atoms with Crippen molar-refractivity contribution in [2.75, 3.05) is 33.3 Å². The lowest BCUT2D eigenvalue weighted by molar-refractivity contribution is -0.167. The Bertz CT molecular complexity index is 938. The molecule has 2 atom stereocenters. The first-order valence-corrected chi connectivity index (χ1v) is 9.62. The smallest absolute Gasteiger partial charge is 0.411 e. The lowest BCUT2D eigenvalue weighted by atomic mass is 9.96. The molecule has 1 amide bonds. The maximum Gasteiger partial charge on any atom is 0.411 e. The summed E-state index contributed by atoms with van der Waals surface area (Å²) < 4.78 is 46.5. The van der Waals surface area contributed by atoms with E-state index >= 15 is 0 Å². The Morgan fingerprint density at radius 2 is 1.84 bits per heavy atom. The molecule has 0 fully saturated rings. The van der Waals surface area contributed by atoms with E-state index in [2.05, 4.69) is 5.32 Å². The highest BCUT2D eigenvalue weighted by Crippen LogP contribution is 2.24. The fourth-order valence-electron chi connectivity index (χ4n) is 3.01. The van der Waals surface area contributed by atoms with E-state index in [0.29, 0.717) is 22.9 Å². The van der Waals surface area contributed by atoms with Gasteiger partial charge in [-0.15, -0.1) is 0 Å². The maximum atomic E-state index is 13.6. The van der Waals surface area contributed by atoms with Crippen molar-refractivity contribution in [2.24, 2.45) is 5.92 Å². The van der Waals surface area contributed by atoms with E-state index in [1.54, 1.807) is 18.2 Å². The summed E-state index contributed by atoms with van der Waals surface area (Å²) in [4.78, 5) is 23.9. The van der Waals surface area contributed by atoms with Crippen LogP contribution in [0.25, 0.3) is 0 Å². The molecule has 32 heavy (non-hydrogen) atoms. The van der Waals surface area contributed by atoms with Gasteiger partial charge in [-0.25, -0.2) is 13.6 Å². The lowest BCUT2D eigenvalue weighted by Crippen LogP contribution is -2.32. The van der Waals surface area contributed by atoms with E-state index in [-0.39, 0.29) is 25.1 Å². The number of carbonyl (C=O) groups excluding carboxylic acids is 2. The predicted octanol–water partition coefficient (Wildman–Crippen LogP) is 3.06. The third kappa shape index (κ3) is 6.89. The van der Waals surface area contributed by atoms with Gasteiger partial charge in [0.05, 0.1) is 26.5 Å². The van der Waals surface area contributed by atoms with E-state index in [9.17, 15) is 23.5 Å². The highest BCUT2D eigenvalue weighted by atomic mass is 19.1. The second-order valence-corrected chi connectivity index (χ2v) is 6.74. The monoisotopic (exact) mass is 453 g/mol. The standard InChI is InChI=1S/C22H25F2NO7/c1-29-19-7-4-13(11-16(20(26)30-2)21(27)31-3)10-14(19)8-9-32-22(28)25-18-6-5-15(23)12-17(18)24/h4-7,10,12,16,20,26H,8-9,11H2,1-3H3,(H,25,28). The minimum absolute atomic E-state index is 0.0599. The summed E-state index contributed by atoms with van der Waals surface area (Å²) >= 11 is 0. The van der Waals surface area contributed by atoms with Crippen molar-refractivity contribution < 1.29 is 42.4 Å². The van der Waals surface area contributed by atoms with Crippen molar-refractivity contribution in [3.05, 3.63) is 59.2 Å². The van der Waals surface area contributed by atoms with Gasteiger partial charge in [0.1, 0.15) is 23.3 Å². The molecule has 2 aromatic carbocycles. The Morgan fingerprint density at radius 1 is 1.09 bits per heavy atom. The first-order chi connectivity index (χ1) is 15.3. The second-order valence-electron chi connectivity index (χ2n) is 6.74. The van der Waals surface area contributed by atoms with Crippen LogP contribution < -0.4 is 10.1 Å². The van der Waals surface area contributed by atoms with Crippen molar-refractivity contribution >= 4 is 17.7 Å². The topological polar surface area (TPSA) is 103 Å². The van der Waals surface area contributed by atoms with Crippen LogP contribution in [-0.2, 0) is 31.8 Å². The molecule has 0 saturated heterocycles. The van der Waals surface area contributed by atoms with Crippen LogP contribution in [0.1, 0.15) is 11.1 Å². The van der Waals surface area contributed by atoms with Crippen molar-refractivity contribution in [1.82, 2.24) is 0 Å². The Labute approximate surface area is 184 Å². The van der Waals surface area contributed by atoms with Crippen LogP contribution in [0.3, 0.4) is 0 Å². The molecule has 0 aliphatic rings. The Kier molecular flexibility index (Phi) is 9.36. The lowest BCUT2D eigenvalue weighted by Gasteiger charge is -2.20. The molecule has 0 aliphatic heterocycles. The normalized spacial score (nSPS) is 12.6. The average Bonchev–Trinajstić information content (AvgIpc) is 2.78. The van der Waals surface area contributed by atoms with Gasteiger partial charge in [-0.2, -0.15) is 0 Å². The summed E-state index contributed by atoms with van der Waals surface area (Å²) in [5.41, 5.74) is 1.17. The van der Waals surface area contributed by atoms with E-state index in [4.69, 9.17) is 18.9 Å². The number of hydrogen-bond acceptors (Lipinski definition) is 7. The Hall–Kier alpha value is -3.24. The molecule has 0 spiro atoms. The number of ether oxygens (including phenoxy) is 4. The third-order valence-electron chi connectivity index (χ3n) is 4.66. The molecular formula is C22H25F2NO7. The molecular weight excluding hydrogens is 428 g/mol. The quantitative estimate of drug-likeness (QED) is 0.421. The zero-order chi connectivity index (χ0) is 23.7. The van der Waals surface area contributed by atoms with E-state index in [1.165, 1.54) is 21.3 Å². The summed E-state index contributed by atoms with van der Waals surface area (Å²) in [5.74, 6) is -2.71. The number of rotatable bonds is 10. The molecule has 0 radical (unpaired) electrons. The van der Waals surface area contributed by atoms with Gasteiger partial charge in [0.25, 0.3) is 0 Å². The van der Waals surface area contributed by atoms with Crippen LogP contribution in [-0.4, -0.2) is 51.4 Å². The number of methoxy groups -OCH3 is 3. The fraction of sp³-hybridized carbons (Fsp3) is 0.364. The Morgan fingerprint density at radius 3 is 2.47 bits per heavy atom. The van der Waals surface area contributed by atoms with Gasteiger partial charge < -0.3 is 24.1 Å². The average molecular weight is 453 g/mol. The molecule has 0 saturated carbocycles. The second kappa shape index (κ2) is 12.0. The largest absolute Gasteiger partial charge is 0.496 e. The minimum Gasteiger partial charge on any atom is -0.496 e. The first kappa shape index (κ1) is 25.0. The van der Waals surface area contributed by atoms with Crippen LogP contribution in [0.2, 0.25) is 0 Å². The van der Waals surface area contributed by atoms with Crippen molar-refractivity contribution in [3.63, 3.8) is 0 Å². The number of aliphatic hydroxyl groups is 1. The number of esters is 1. The van der Waals surface area contributed by atoms with Crippen molar-refractivity contribution in [1.29, 1.82) is 0 Å². The summed E-state index contributed by atoms with van der Waals surface area (Å²) in [6.07, 6.45) is -1.85. The van der Waals surface area contributed by atoms with Gasteiger partial charge in [-0.1, -0.05) is 12.1 Å². The molecule has 174 valence electrons. The number of nitrogens with one attached hydrogen (secondary N) is 1. The van der Waals surface area contributed by atoms with Crippen LogP contribution in [0.5, 0.6) is 5.75 Å². The summed E-state index contributed by atoms with van der Waals surface area (Å²) in [6, 6.07) is 7.91. The zero-order valence-electron chi connectivity index (χ0n) is 17.9. The molecule has 2 rings (SSSR count). The van der Waals surface area contributed by atoms with Gasteiger partial charge in [0.2, 0.25) is 0 Å². The van der Waals surface area contributed by atoms with Gasteiger partial charge in [0, 0.05) is 19.6 Å². The molecule has 0 aliphatic carbocycles. The van der Waals surface area contributed by atoms with E-state index in [1.807, 2.05) is 0 Å². The SMILES string of the molecule is COC(=O)C(Cc1ccc(OC)c(CCOC(=O)Nc2ccc(F)cc2F)c1)C(O)OC. The molecule has 8 nitrogen and oxygen atoms in total. The predicted molar refractivity (Wildman–Crippen MR) is 110 cm³/mol. The highest BCUT2D eigenvalue weighted by Gasteiger charge is 2.28. The summed E-state index contributed by atoms with van der Waals surface area (Å²) in [5, 5.41) is 12.1. The van der Waals surface area contributed by atoms with Gasteiger partial charge in [0.15, 0.2) is 6.29 Å². The van der Waals surface area contributed by atoms with Crippen LogP contribution in [0.4, 0.5) is 19.3 Å². The number of benzene rings is 2. The molecule has 2 unspecified atom stereocenters. The van der Waals surface area contributed by atoms with Crippen molar-refractivity contribution in [3.8, 4) is 5.75 Å². The fourth-order valence-corrected chi connectivity index (χ4v) is 3.01. The summed E-state index contributed by atoms with van der Waals surface area (Å²) in [7, 11) is 3.98. The summed E-state index contributed by atoms with van der Waals surface area (Å²) in [6.45, 7) is -0.0599. The minimum atomic E-state index is -1.34. The Balaban J connectivity index is 2.02. The van der Waals surface area contributed by atoms with Gasteiger partial charge in [-0.3, -0.25) is 10.1 Å². The maximum absolute atomic E-state index is 13.6. The van der Waals surface area contributed by atoms with Gasteiger partial charge >= 0.3 is 12.1 Å². The third-order valence-corrected chi connectivity index (χ3v) is 4.66. The van der Waals surface area contributed by atoms with Crippen LogP contribution in [0.15, 0.2) is 36.4 Å². The molecule has 10 heteroatoms. The molecule has 0 aromatic heterocycles. The zero-order valence-corrected chi connectivity index (χ0v) is 17.9. The highest BCUT2D eigenvalue weighted by molar-refractivity contribution is 5.84.